The first-order valence-electron chi connectivity index (χ1n) is 5.66. The van der Waals surface area contributed by atoms with Gasteiger partial charge in [-0.1, -0.05) is 0 Å². The minimum absolute atomic E-state index is 0.116. The highest BCUT2D eigenvalue weighted by atomic mass is 32.2. The van der Waals surface area contributed by atoms with Gasteiger partial charge in [0.2, 0.25) is 0 Å². The quantitative estimate of drug-likeness (QED) is 0.718. The molecule has 5 nitrogen and oxygen atoms in total. The number of hydrogen-bond donors (Lipinski definition) is 1. The maximum Gasteiger partial charge on any atom is 0.164 e. The minimum Gasteiger partial charge on any atom is -0.383 e. The van der Waals surface area contributed by atoms with E-state index in [1.54, 1.807) is 18.9 Å². The van der Waals surface area contributed by atoms with Crippen molar-refractivity contribution in [2.75, 3.05) is 51.6 Å². The Morgan fingerprint density at radius 1 is 1.59 bits per heavy atom. The van der Waals surface area contributed by atoms with Crippen molar-refractivity contribution in [2.24, 2.45) is 0 Å². The molecule has 1 heterocycles. The molecule has 17 heavy (non-hydrogen) atoms. The molecule has 1 N–H and O–H groups in total. The Balaban J connectivity index is 2.81. The molecule has 0 aromatic heterocycles. The lowest BCUT2D eigenvalue weighted by Crippen LogP contribution is -2.55. The molecule has 0 radical (unpaired) electrons. The number of rotatable bonds is 6. The number of ether oxygens (including phenoxy) is 1. The van der Waals surface area contributed by atoms with E-state index in [9.17, 15) is 8.42 Å². The Bertz CT molecular complexity index is 316. The van der Waals surface area contributed by atoms with Crippen LogP contribution < -0.4 is 5.32 Å². The normalized spacial score (nSPS) is 24.8. The molecular formula is C10H22N2O3S2. The fraction of sp³-hybridized carbons (Fsp3) is 1.00. The van der Waals surface area contributed by atoms with Crippen LogP contribution in [0.15, 0.2) is 0 Å². The van der Waals surface area contributed by atoms with Crippen LogP contribution in [0.3, 0.4) is 0 Å². The fourth-order valence-electron chi connectivity index (χ4n) is 2.08. The van der Waals surface area contributed by atoms with E-state index >= 15 is 0 Å². The zero-order valence-electron chi connectivity index (χ0n) is 10.7. The number of sulfone groups is 1. The van der Waals surface area contributed by atoms with Gasteiger partial charge in [-0.15, -0.1) is 0 Å². The molecule has 0 aromatic rings. The summed E-state index contributed by atoms with van der Waals surface area (Å²) in [5.41, 5.74) is 0. The molecule has 0 saturated carbocycles. The first-order chi connectivity index (χ1) is 8.00. The predicted octanol–water partition coefficient (Wildman–Crippen LogP) is -0.360. The van der Waals surface area contributed by atoms with Gasteiger partial charge < -0.3 is 10.1 Å². The number of likely N-dealkylation sites (N-methyl/N-ethyl adjacent to an activating group) is 1. The second-order valence-corrected chi connectivity index (χ2v) is 7.62. The Kier molecular flexibility index (Phi) is 6.22. The van der Waals surface area contributed by atoms with Crippen LogP contribution in [0.25, 0.3) is 0 Å². The van der Waals surface area contributed by atoms with E-state index in [0.29, 0.717) is 12.4 Å². The second-order valence-electron chi connectivity index (χ2n) is 4.26. The summed E-state index contributed by atoms with van der Waals surface area (Å²) < 4.78 is 28.8. The average molecular weight is 282 g/mol. The van der Waals surface area contributed by atoms with Gasteiger partial charge >= 0.3 is 0 Å². The van der Waals surface area contributed by atoms with Gasteiger partial charge in [-0.3, -0.25) is 4.90 Å². The maximum atomic E-state index is 11.8. The first kappa shape index (κ1) is 15.2. The molecule has 102 valence electrons. The van der Waals surface area contributed by atoms with Crippen LogP contribution in [0.4, 0.5) is 0 Å². The van der Waals surface area contributed by atoms with Crippen molar-refractivity contribution < 1.29 is 13.2 Å². The first-order valence-corrected chi connectivity index (χ1v) is 8.77. The summed E-state index contributed by atoms with van der Waals surface area (Å²) in [7, 11) is 0.487. The highest BCUT2D eigenvalue weighted by Gasteiger charge is 2.35. The molecule has 1 saturated heterocycles. The van der Waals surface area contributed by atoms with E-state index < -0.39 is 9.84 Å². The molecule has 2 unspecified atom stereocenters. The molecule has 1 aliphatic rings. The zero-order valence-corrected chi connectivity index (χ0v) is 12.3. The number of hydrogen-bond acceptors (Lipinski definition) is 6. The van der Waals surface area contributed by atoms with Gasteiger partial charge in [0.05, 0.1) is 6.61 Å². The van der Waals surface area contributed by atoms with Crippen molar-refractivity contribution in [2.45, 2.75) is 11.4 Å². The number of nitrogens with one attached hydrogen (secondary N) is 1. The zero-order chi connectivity index (χ0) is 12.9. The van der Waals surface area contributed by atoms with Crippen LogP contribution >= 0.6 is 11.8 Å². The van der Waals surface area contributed by atoms with Crippen LogP contribution in [0.1, 0.15) is 0 Å². The van der Waals surface area contributed by atoms with Crippen molar-refractivity contribution in [3.63, 3.8) is 0 Å². The van der Waals surface area contributed by atoms with Crippen molar-refractivity contribution in [3.05, 3.63) is 0 Å². The molecular weight excluding hydrogens is 260 g/mol. The largest absolute Gasteiger partial charge is 0.383 e. The van der Waals surface area contributed by atoms with Gasteiger partial charge in [0.1, 0.15) is 5.37 Å². The third-order valence-electron chi connectivity index (χ3n) is 2.89. The second kappa shape index (κ2) is 6.94. The average Bonchev–Trinajstić information content (AvgIpc) is 2.28. The summed E-state index contributed by atoms with van der Waals surface area (Å²) in [6.45, 7) is 2.10. The van der Waals surface area contributed by atoms with E-state index in [2.05, 4.69) is 10.2 Å². The Hall–Kier alpha value is 0.180. The highest BCUT2D eigenvalue weighted by molar-refractivity contribution is 8.00. The maximum absolute atomic E-state index is 11.8. The summed E-state index contributed by atoms with van der Waals surface area (Å²) in [6.07, 6.45) is 1.32. The van der Waals surface area contributed by atoms with Crippen LogP contribution in [-0.4, -0.2) is 76.3 Å². The number of thioether (sulfide) groups is 1. The summed E-state index contributed by atoms with van der Waals surface area (Å²) in [6, 6.07) is 0.116. The molecule has 1 rings (SSSR count). The van der Waals surface area contributed by atoms with Gasteiger partial charge in [0.25, 0.3) is 0 Å². The summed E-state index contributed by atoms with van der Waals surface area (Å²) >= 11 is 1.71. The molecule has 1 aliphatic heterocycles. The van der Waals surface area contributed by atoms with Crippen LogP contribution in [0, 0.1) is 0 Å². The van der Waals surface area contributed by atoms with Crippen molar-refractivity contribution in [1.82, 2.24) is 10.2 Å². The lowest BCUT2D eigenvalue weighted by atomic mass is 10.2. The van der Waals surface area contributed by atoms with Crippen molar-refractivity contribution in [1.29, 1.82) is 0 Å². The smallest absolute Gasteiger partial charge is 0.164 e. The van der Waals surface area contributed by atoms with Crippen molar-refractivity contribution >= 4 is 21.6 Å². The lowest BCUT2D eigenvalue weighted by molar-refractivity contribution is 0.0877. The Labute approximate surface area is 108 Å². The van der Waals surface area contributed by atoms with E-state index in [0.717, 1.165) is 18.8 Å². The predicted molar refractivity (Wildman–Crippen MR) is 72.3 cm³/mol. The van der Waals surface area contributed by atoms with Crippen LogP contribution in [-0.2, 0) is 14.6 Å². The molecule has 1 fully saturated rings. The monoisotopic (exact) mass is 282 g/mol. The van der Waals surface area contributed by atoms with E-state index in [1.165, 1.54) is 6.26 Å². The summed E-state index contributed by atoms with van der Waals surface area (Å²) in [4.78, 5) is 2.06. The van der Waals surface area contributed by atoms with Crippen LogP contribution in [0.2, 0.25) is 0 Å². The molecule has 7 heteroatoms. The lowest BCUT2D eigenvalue weighted by Gasteiger charge is -2.39. The van der Waals surface area contributed by atoms with E-state index in [4.69, 9.17) is 4.74 Å². The molecule has 0 amide bonds. The topological polar surface area (TPSA) is 58.6 Å². The van der Waals surface area contributed by atoms with Crippen molar-refractivity contribution in [3.8, 4) is 0 Å². The van der Waals surface area contributed by atoms with Gasteiger partial charge in [0.15, 0.2) is 9.84 Å². The van der Waals surface area contributed by atoms with Gasteiger partial charge in [-0.25, -0.2) is 8.42 Å². The van der Waals surface area contributed by atoms with Gasteiger partial charge in [-0.05, 0) is 7.05 Å². The van der Waals surface area contributed by atoms with E-state index in [-0.39, 0.29) is 11.4 Å². The fourth-order valence-corrected chi connectivity index (χ4v) is 5.03. The Morgan fingerprint density at radius 2 is 2.29 bits per heavy atom. The minimum atomic E-state index is -3.03. The molecule has 0 aromatic carbocycles. The Morgan fingerprint density at radius 3 is 2.82 bits per heavy atom. The van der Waals surface area contributed by atoms with Gasteiger partial charge in [-0.2, -0.15) is 11.8 Å². The highest BCUT2D eigenvalue weighted by Crippen LogP contribution is 2.22. The number of methoxy groups -OCH3 is 1. The third kappa shape index (κ3) is 4.40. The summed E-state index contributed by atoms with van der Waals surface area (Å²) in [5.74, 6) is 1.64. The SMILES string of the molecule is CNCC(COC)N1CCSCC1S(C)(=O)=O. The molecule has 2 atom stereocenters. The molecule has 0 bridgehead atoms. The van der Waals surface area contributed by atoms with E-state index in [1.807, 2.05) is 7.05 Å². The third-order valence-corrected chi connectivity index (χ3v) is 5.55. The molecule has 0 spiro atoms. The number of nitrogens with zero attached hydrogens (tertiary/aromatic N) is 1. The summed E-state index contributed by atoms with van der Waals surface area (Å²) in [5, 5.41) is 2.72. The van der Waals surface area contributed by atoms with Crippen LogP contribution in [0.5, 0.6) is 0 Å². The standard InChI is InChI=1S/C10H22N2O3S2/c1-11-6-9(7-15-2)12-4-5-16-8-10(12)17(3,13)14/h9-11H,4-8H2,1-3H3. The molecule has 0 aliphatic carbocycles. The van der Waals surface area contributed by atoms with Gasteiger partial charge in [0, 0.05) is 44.0 Å².